The van der Waals surface area contributed by atoms with Crippen molar-refractivity contribution < 1.29 is 17.6 Å². The standard InChI is InChI=1S/C15H15FN2O3S/c1-18(22(20,21)14-8-3-2-4-9-14)11-15(19)17-13-7-5-6-12(16)10-13/h2-10H,11H2,1H3,(H,17,19). The van der Waals surface area contributed by atoms with E-state index in [0.29, 0.717) is 0 Å². The van der Waals surface area contributed by atoms with Gasteiger partial charge in [0.15, 0.2) is 0 Å². The first kappa shape index (κ1) is 16.1. The van der Waals surface area contributed by atoms with Gasteiger partial charge in [0, 0.05) is 12.7 Å². The minimum absolute atomic E-state index is 0.107. The third-order valence-corrected chi connectivity index (χ3v) is 4.74. The molecular formula is C15H15FN2O3S. The molecule has 0 saturated heterocycles. The molecular weight excluding hydrogens is 307 g/mol. The molecule has 0 radical (unpaired) electrons. The molecule has 0 aliphatic carbocycles. The van der Waals surface area contributed by atoms with E-state index >= 15 is 0 Å². The van der Waals surface area contributed by atoms with Crippen LogP contribution in [0.1, 0.15) is 0 Å². The van der Waals surface area contributed by atoms with Gasteiger partial charge in [-0.25, -0.2) is 12.8 Å². The van der Waals surface area contributed by atoms with Crippen molar-refractivity contribution in [2.24, 2.45) is 0 Å². The van der Waals surface area contributed by atoms with E-state index in [1.807, 2.05) is 0 Å². The molecule has 1 amide bonds. The molecule has 0 aliphatic heterocycles. The number of likely N-dealkylation sites (N-methyl/N-ethyl adjacent to an activating group) is 1. The number of carbonyl (C=O) groups excluding carboxylic acids is 1. The Kier molecular flexibility index (Phi) is 4.89. The van der Waals surface area contributed by atoms with Crippen molar-refractivity contribution in [2.75, 3.05) is 18.9 Å². The average Bonchev–Trinajstić information content (AvgIpc) is 2.48. The fourth-order valence-corrected chi connectivity index (χ4v) is 2.97. The van der Waals surface area contributed by atoms with Gasteiger partial charge < -0.3 is 5.32 Å². The number of nitrogens with zero attached hydrogens (tertiary/aromatic N) is 1. The van der Waals surface area contributed by atoms with E-state index in [2.05, 4.69) is 5.32 Å². The Morgan fingerprint density at radius 2 is 1.82 bits per heavy atom. The maximum atomic E-state index is 13.0. The number of benzene rings is 2. The first-order chi connectivity index (χ1) is 10.4. The van der Waals surface area contributed by atoms with Gasteiger partial charge in [0.25, 0.3) is 0 Å². The Bertz CT molecular complexity index is 763. The summed E-state index contributed by atoms with van der Waals surface area (Å²) in [4.78, 5) is 12.0. The average molecular weight is 322 g/mol. The van der Waals surface area contributed by atoms with E-state index < -0.39 is 21.7 Å². The van der Waals surface area contributed by atoms with Gasteiger partial charge in [0.05, 0.1) is 11.4 Å². The molecule has 22 heavy (non-hydrogen) atoms. The van der Waals surface area contributed by atoms with Crippen LogP contribution in [0.4, 0.5) is 10.1 Å². The molecule has 2 rings (SSSR count). The molecule has 2 aromatic rings. The zero-order valence-corrected chi connectivity index (χ0v) is 12.7. The second kappa shape index (κ2) is 6.67. The Morgan fingerprint density at radius 1 is 1.14 bits per heavy atom. The summed E-state index contributed by atoms with van der Waals surface area (Å²) in [6.45, 7) is -0.367. The van der Waals surface area contributed by atoms with Crippen LogP contribution in [0.15, 0.2) is 59.5 Å². The highest BCUT2D eigenvalue weighted by molar-refractivity contribution is 7.89. The highest BCUT2D eigenvalue weighted by atomic mass is 32.2. The monoisotopic (exact) mass is 322 g/mol. The maximum Gasteiger partial charge on any atom is 0.243 e. The van der Waals surface area contributed by atoms with Crippen LogP contribution in [0.3, 0.4) is 0 Å². The van der Waals surface area contributed by atoms with Crippen molar-refractivity contribution in [3.8, 4) is 0 Å². The van der Waals surface area contributed by atoms with E-state index in [1.165, 1.54) is 37.4 Å². The molecule has 1 N–H and O–H groups in total. The molecule has 0 aliphatic rings. The highest BCUT2D eigenvalue weighted by Crippen LogP contribution is 2.14. The van der Waals surface area contributed by atoms with E-state index in [9.17, 15) is 17.6 Å². The van der Waals surface area contributed by atoms with Crippen molar-refractivity contribution in [3.05, 3.63) is 60.4 Å². The Morgan fingerprint density at radius 3 is 2.45 bits per heavy atom. The Hall–Kier alpha value is -2.25. The zero-order valence-electron chi connectivity index (χ0n) is 11.9. The number of anilines is 1. The molecule has 0 fully saturated rings. The Balaban J connectivity index is 2.05. The summed E-state index contributed by atoms with van der Waals surface area (Å²) >= 11 is 0. The van der Waals surface area contributed by atoms with Gasteiger partial charge in [0.2, 0.25) is 15.9 Å². The summed E-state index contributed by atoms with van der Waals surface area (Å²) in [6, 6.07) is 13.2. The number of halogens is 1. The predicted molar refractivity (Wildman–Crippen MR) is 81.3 cm³/mol. The molecule has 7 heteroatoms. The first-order valence-electron chi connectivity index (χ1n) is 6.46. The first-order valence-corrected chi connectivity index (χ1v) is 7.90. The molecule has 0 unspecified atom stereocenters. The summed E-state index contributed by atoms with van der Waals surface area (Å²) in [6.07, 6.45) is 0. The molecule has 0 atom stereocenters. The lowest BCUT2D eigenvalue weighted by molar-refractivity contribution is -0.116. The van der Waals surface area contributed by atoms with E-state index in [0.717, 1.165) is 10.4 Å². The lowest BCUT2D eigenvalue weighted by Gasteiger charge is -2.16. The van der Waals surface area contributed by atoms with Crippen LogP contribution in [-0.2, 0) is 14.8 Å². The van der Waals surface area contributed by atoms with Gasteiger partial charge in [0.1, 0.15) is 5.82 Å². The van der Waals surface area contributed by atoms with Crippen LogP contribution in [0.5, 0.6) is 0 Å². The van der Waals surface area contributed by atoms with Crippen LogP contribution in [-0.4, -0.2) is 32.2 Å². The van der Waals surface area contributed by atoms with E-state index in [-0.39, 0.29) is 17.1 Å². The van der Waals surface area contributed by atoms with Crippen molar-refractivity contribution in [1.82, 2.24) is 4.31 Å². The normalized spacial score (nSPS) is 11.4. The summed E-state index contributed by atoms with van der Waals surface area (Å²) < 4.78 is 38.5. The highest BCUT2D eigenvalue weighted by Gasteiger charge is 2.22. The Labute approximate surface area is 128 Å². The van der Waals surface area contributed by atoms with Crippen LogP contribution in [0.2, 0.25) is 0 Å². The van der Waals surface area contributed by atoms with Gasteiger partial charge in [-0.3, -0.25) is 4.79 Å². The molecule has 2 aromatic carbocycles. The molecule has 116 valence electrons. The van der Waals surface area contributed by atoms with Crippen LogP contribution in [0.25, 0.3) is 0 Å². The van der Waals surface area contributed by atoms with Gasteiger partial charge in [-0.05, 0) is 30.3 Å². The largest absolute Gasteiger partial charge is 0.325 e. The second-order valence-electron chi connectivity index (χ2n) is 4.63. The fraction of sp³-hybridized carbons (Fsp3) is 0.133. The number of sulfonamides is 1. The minimum Gasteiger partial charge on any atom is -0.325 e. The zero-order chi connectivity index (χ0) is 16.2. The molecule has 0 saturated carbocycles. The molecule has 0 spiro atoms. The number of rotatable bonds is 5. The van der Waals surface area contributed by atoms with Crippen molar-refractivity contribution >= 4 is 21.6 Å². The molecule has 0 aromatic heterocycles. The van der Waals surface area contributed by atoms with Crippen molar-refractivity contribution in [3.63, 3.8) is 0 Å². The third kappa shape index (κ3) is 3.90. The fourth-order valence-electron chi connectivity index (χ4n) is 1.83. The topological polar surface area (TPSA) is 66.5 Å². The lowest BCUT2D eigenvalue weighted by atomic mass is 10.3. The van der Waals surface area contributed by atoms with Gasteiger partial charge >= 0.3 is 0 Å². The number of hydrogen-bond acceptors (Lipinski definition) is 3. The van der Waals surface area contributed by atoms with E-state index in [1.54, 1.807) is 18.2 Å². The van der Waals surface area contributed by atoms with Crippen molar-refractivity contribution in [1.29, 1.82) is 0 Å². The van der Waals surface area contributed by atoms with Gasteiger partial charge in [-0.1, -0.05) is 24.3 Å². The number of amides is 1. The minimum atomic E-state index is -3.74. The van der Waals surface area contributed by atoms with Gasteiger partial charge in [-0.2, -0.15) is 4.31 Å². The summed E-state index contributed by atoms with van der Waals surface area (Å²) in [5, 5.41) is 2.45. The van der Waals surface area contributed by atoms with Crippen LogP contribution < -0.4 is 5.32 Å². The SMILES string of the molecule is CN(CC(=O)Nc1cccc(F)c1)S(=O)(=O)c1ccccc1. The smallest absolute Gasteiger partial charge is 0.243 e. The maximum absolute atomic E-state index is 13.0. The summed E-state index contributed by atoms with van der Waals surface area (Å²) in [7, 11) is -2.42. The summed E-state index contributed by atoms with van der Waals surface area (Å²) in [5.41, 5.74) is 0.274. The molecule has 0 heterocycles. The summed E-state index contributed by atoms with van der Waals surface area (Å²) in [5.74, 6) is -1.03. The lowest BCUT2D eigenvalue weighted by Crippen LogP contribution is -2.34. The number of nitrogens with one attached hydrogen (secondary N) is 1. The van der Waals surface area contributed by atoms with Gasteiger partial charge in [-0.15, -0.1) is 0 Å². The number of hydrogen-bond donors (Lipinski definition) is 1. The predicted octanol–water partition coefficient (Wildman–Crippen LogP) is 2.08. The second-order valence-corrected chi connectivity index (χ2v) is 6.68. The van der Waals surface area contributed by atoms with Crippen LogP contribution in [0, 0.1) is 5.82 Å². The van der Waals surface area contributed by atoms with Crippen LogP contribution >= 0.6 is 0 Å². The molecule has 5 nitrogen and oxygen atoms in total. The number of carbonyl (C=O) groups is 1. The third-order valence-electron chi connectivity index (χ3n) is 2.93. The quantitative estimate of drug-likeness (QED) is 0.916. The molecule has 0 bridgehead atoms. The van der Waals surface area contributed by atoms with Crippen molar-refractivity contribution in [2.45, 2.75) is 4.90 Å². The van der Waals surface area contributed by atoms with E-state index in [4.69, 9.17) is 0 Å².